The van der Waals surface area contributed by atoms with Crippen LogP contribution < -0.4 is 5.32 Å². The van der Waals surface area contributed by atoms with Crippen molar-refractivity contribution in [1.29, 1.82) is 0 Å². The Bertz CT molecular complexity index is 479. The van der Waals surface area contributed by atoms with Crippen LogP contribution in [0.2, 0.25) is 0 Å². The Morgan fingerprint density at radius 2 is 2.20 bits per heavy atom. The molecule has 20 heavy (non-hydrogen) atoms. The summed E-state index contributed by atoms with van der Waals surface area (Å²) in [7, 11) is 1.61. The van der Waals surface area contributed by atoms with Crippen molar-refractivity contribution in [2.45, 2.75) is 19.4 Å². The summed E-state index contributed by atoms with van der Waals surface area (Å²) >= 11 is 0. The average molecular weight is 281 g/mol. The normalized spacial score (nSPS) is 14.1. The fourth-order valence-electron chi connectivity index (χ4n) is 2.09. The maximum absolute atomic E-state index is 11.3. The molecule has 0 aromatic carbocycles. The van der Waals surface area contributed by atoms with E-state index in [4.69, 9.17) is 9.47 Å². The largest absolute Gasteiger partial charge is 0.476 e. The minimum absolute atomic E-state index is 0.106. The number of ether oxygens (including phenoxy) is 2. The van der Waals surface area contributed by atoms with E-state index in [0.29, 0.717) is 44.2 Å². The van der Waals surface area contributed by atoms with Crippen LogP contribution in [-0.4, -0.2) is 54.5 Å². The van der Waals surface area contributed by atoms with Crippen LogP contribution in [0.25, 0.3) is 0 Å². The molecule has 0 fully saturated rings. The predicted octanol–water partition coefficient (Wildman–Crippen LogP) is 0.0260. The molecule has 0 unspecified atom stereocenters. The van der Waals surface area contributed by atoms with E-state index in [2.05, 4.69) is 15.3 Å². The van der Waals surface area contributed by atoms with Crippen LogP contribution in [0.15, 0.2) is 0 Å². The third kappa shape index (κ3) is 3.72. The standard InChI is InChI=1S/C13H19N3O4/c1-19-6-7-20-5-3-11-15-10-2-4-14-8-9(10)12(16-11)13(17)18/h14H,2-8H2,1H3,(H,17,18). The van der Waals surface area contributed by atoms with Gasteiger partial charge in [0.1, 0.15) is 5.82 Å². The minimum atomic E-state index is -1.01. The van der Waals surface area contributed by atoms with E-state index in [0.717, 1.165) is 18.7 Å². The lowest BCUT2D eigenvalue weighted by Crippen LogP contribution is -2.28. The summed E-state index contributed by atoms with van der Waals surface area (Å²) in [5.41, 5.74) is 1.64. The van der Waals surface area contributed by atoms with Gasteiger partial charge >= 0.3 is 5.97 Å². The van der Waals surface area contributed by atoms with Crippen molar-refractivity contribution in [2.75, 3.05) is 33.5 Å². The first-order valence-corrected chi connectivity index (χ1v) is 6.61. The maximum Gasteiger partial charge on any atom is 0.354 e. The summed E-state index contributed by atoms with van der Waals surface area (Å²) in [6.07, 6.45) is 1.24. The van der Waals surface area contributed by atoms with Crippen molar-refractivity contribution in [3.8, 4) is 0 Å². The number of fused-ring (bicyclic) bond motifs is 1. The monoisotopic (exact) mass is 281 g/mol. The van der Waals surface area contributed by atoms with Crippen molar-refractivity contribution in [3.63, 3.8) is 0 Å². The summed E-state index contributed by atoms with van der Waals surface area (Å²) in [6, 6.07) is 0. The first-order valence-electron chi connectivity index (χ1n) is 6.61. The Hall–Kier alpha value is -1.57. The van der Waals surface area contributed by atoms with Gasteiger partial charge in [0.05, 0.1) is 25.5 Å². The summed E-state index contributed by atoms with van der Waals surface area (Å²) in [5, 5.41) is 12.4. The molecule has 0 saturated heterocycles. The molecule has 1 aliphatic heterocycles. The van der Waals surface area contributed by atoms with Gasteiger partial charge in [-0.05, 0) is 0 Å². The van der Waals surface area contributed by atoms with E-state index in [9.17, 15) is 9.90 Å². The Kier molecular flexibility index (Phi) is 5.40. The Morgan fingerprint density at radius 1 is 1.35 bits per heavy atom. The SMILES string of the molecule is COCCOCCc1nc2c(c(C(=O)O)n1)CNCC2. The number of aromatic nitrogens is 2. The van der Waals surface area contributed by atoms with Crippen molar-refractivity contribution >= 4 is 5.97 Å². The van der Waals surface area contributed by atoms with Crippen LogP contribution >= 0.6 is 0 Å². The van der Waals surface area contributed by atoms with Crippen LogP contribution in [0.5, 0.6) is 0 Å². The number of aromatic carboxylic acids is 1. The molecular formula is C13H19N3O4. The molecule has 2 heterocycles. The first kappa shape index (κ1) is 14.8. The van der Waals surface area contributed by atoms with Crippen LogP contribution in [-0.2, 0) is 28.9 Å². The summed E-state index contributed by atoms with van der Waals surface area (Å²) in [6.45, 7) is 2.84. The van der Waals surface area contributed by atoms with Crippen LogP contribution in [0.3, 0.4) is 0 Å². The molecule has 1 aromatic heterocycles. The molecule has 2 N–H and O–H groups in total. The highest BCUT2D eigenvalue weighted by Crippen LogP contribution is 2.16. The Balaban J connectivity index is 2.06. The van der Waals surface area contributed by atoms with Crippen molar-refractivity contribution < 1.29 is 19.4 Å². The quantitative estimate of drug-likeness (QED) is 0.681. The Labute approximate surface area is 117 Å². The molecule has 0 atom stereocenters. The lowest BCUT2D eigenvalue weighted by molar-refractivity contribution is 0.0682. The fraction of sp³-hybridized carbons (Fsp3) is 0.615. The Morgan fingerprint density at radius 3 is 2.95 bits per heavy atom. The van der Waals surface area contributed by atoms with E-state index < -0.39 is 5.97 Å². The number of rotatable bonds is 7. The van der Waals surface area contributed by atoms with Gasteiger partial charge in [-0.3, -0.25) is 0 Å². The number of carboxylic acid groups (broad SMARTS) is 1. The van der Waals surface area contributed by atoms with Gasteiger partial charge in [0.15, 0.2) is 5.69 Å². The molecule has 1 aliphatic rings. The minimum Gasteiger partial charge on any atom is -0.476 e. The highest BCUT2D eigenvalue weighted by atomic mass is 16.5. The average Bonchev–Trinajstić information content (AvgIpc) is 2.46. The van der Waals surface area contributed by atoms with Gasteiger partial charge in [0.25, 0.3) is 0 Å². The molecule has 0 spiro atoms. The molecule has 110 valence electrons. The number of nitrogens with zero attached hydrogens (tertiary/aromatic N) is 2. The van der Waals surface area contributed by atoms with Gasteiger partial charge < -0.3 is 19.9 Å². The number of hydrogen-bond acceptors (Lipinski definition) is 6. The number of hydrogen-bond donors (Lipinski definition) is 2. The zero-order valence-electron chi connectivity index (χ0n) is 11.5. The van der Waals surface area contributed by atoms with Crippen molar-refractivity contribution in [3.05, 3.63) is 22.8 Å². The second kappa shape index (κ2) is 7.28. The zero-order valence-corrected chi connectivity index (χ0v) is 11.5. The van der Waals surface area contributed by atoms with Gasteiger partial charge in [-0.15, -0.1) is 0 Å². The molecule has 0 radical (unpaired) electrons. The molecule has 1 aromatic rings. The van der Waals surface area contributed by atoms with Gasteiger partial charge in [0, 0.05) is 38.6 Å². The lowest BCUT2D eigenvalue weighted by Gasteiger charge is -2.18. The molecule has 7 heteroatoms. The van der Waals surface area contributed by atoms with Gasteiger partial charge in [-0.2, -0.15) is 0 Å². The third-order valence-electron chi connectivity index (χ3n) is 3.08. The smallest absolute Gasteiger partial charge is 0.354 e. The molecular weight excluding hydrogens is 262 g/mol. The number of carbonyl (C=O) groups is 1. The van der Waals surface area contributed by atoms with Gasteiger partial charge in [-0.25, -0.2) is 14.8 Å². The number of nitrogens with one attached hydrogen (secondary N) is 1. The second-order valence-corrected chi connectivity index (χ2v) is 4.50. The predicted molar refractivity (Wildman–Crippen MR) is 70.8 cm³/mol. The molecule has 0 aliphatic carbocycles. The first-order chi connectivity index (χ1) is 9.72. The fourth-order valence-corrected chi connectivity index (χ4v) is 2.09. The molecule has 0 saturated carbocycles. The molecule has 7 nitrogen and oxygen atoms in total. The van der Waals surface area contributed by atoms with E-state index >= 15 is 0 Å². The maximum atomic E-state index is 11.3. The van der Waals surface area contributed by atoms with Crippen LogP contribution in [0, 0.1) is 0 Å². The topological polar surface area (TPSA) is 93.6 Å². The number of carboxylic acids is 1. The third-order valence-corrected chi connectivity index (χ3v) is 3.08. The van der Waals surface area contributed by atoms with Gasteiger partial charge in [0.2, 0.25) is 0 Å². The summed E-state index contributed by atoms with van der Waals surface area (Å²) < 4.78 is 10.2. The molecule has 2 rings (SSSR count). The highest BCUT2D eigenvalue weighted by molar-refractivity contribution is 5.87. The van der Waals surface area contributed by atoms with Crippen molar-refractivity contribution in [2.24, 2.45) is 0 Å². The summed E-state index contributed by atoms with van der Waals surface area (Å²) in [4.78, 5) is 19.9. The van der Waals surface area contributed by atoms with Crippen molar-refractivity contribution in [1.82, 2.24) is 15.3 Å². The summed E-state index contributed by atoms with van der Waals surface area (Å²) in [5.74, 6) is -0.477. The van der Waals surface area contributed by atoms with E-state index in [1.54, 1.807) is 7.11 Å². The zero-order chi connectivity index (χ0) is 14.4. The highest BCUT2D eigenvalue weighted by Gasteiger charge is 2.21. The molecule has 0 bridgehead atoms. The van der Waals surface area contributed by atoms with E-state index in [1.807, 2.05) is 0 Å². The van der Waals surface area contributed by atoms with Gasteiger partial charge in [-0.1, -0.05) is 0 Å². The molecule has 0 amide bonds. The van der Waals surface area contributed by atoms with Crippen LogP contribution in [0.4, 0.5) is 0 Å². The van der Waals surface area contributed by atoms with E-state index in [-0.39, 0.29) is 5.69 Å². The lowest BCUT2D eigenvalue weighted by atomic mass is 10.1. The van der Waals surface area contributed by atoms with Crippen LogP contribution in [0.1, 0.15) is 27.6 Å². The van der Waals surface area contributed by atoms with E-state index in [1.165, 1.54) is 0 Å². The second-order valence-electron chi connectivity index (χ2n) is 4.50. The number of methoxy groups -OCH3 is 1.